The van der Waals surface area contributed by atoms with Crippen molar-refractivity contribution in [3.63, 3.8) is 0 Å². The first kappa shape index (κ1) is 18.4. The van der Waals surface area contributed by atoms with E-state index in [0.29, 0.717) is 42.5 Å². The van der Waals surface area contributed by atoms with Gasteiger partial charge in [-0.25, -0.2) is 4.98 Å². The van der Waals surface area contributed by atoms with Crippen LogP contribution >= 0.6 is 11.6 Å². The molecule has 2 aromatic heterocycles. The first-order valence-corrected chi connectivity index (χ1v) is 8.85. The zero-order chi connectivity index (χ0) is 18.5. The van der Waals surface area contributed by atoms with Gasteiger partial charge in [0.1, 0.15) is 5.65 Å². The van der Waals surface area contributed by atoms with Gasteiger partial charge in [0, 0.05) is 38.1 Å². The maximum Gasteiger partial charge on any atom is 0.305 e. The Kier molecular flexibility index (Phi) is 5.90. The van der Waals surface area contributed by atoms with E-state index in [1.807, 2.05) is 24.4 Å². The fourth-order valence-corrected chi connectivity index (χ4v) is 3.31. The molecule has 1 fully saturated rings. The van der Waals surface area contributed by atoms with Crippen molar-refractivity contribution in [2.75, 3.05) is 19.8 Å². The number of hydrogen-bond acceptors (Lipinski definition) is 4. The molecule has 0 unspecified atom stereocenters. The zero-order valence-electron chi connectivity index (χ0n) is 14.2. The second kappa shape index (κ2) is 8.33. The third-order valence-corrected chi connectivity index (χ3v) is 4.67. The predicted octanol–water partition coefficient (Wildman–Crippen LogP) is 2.48. The number of hydrogen-bond donors (Lipinski definition) is 1. The SMILES string of the molecule is O=C(O)CCN(C(=O)/C=C/c1c(Cl)nc2ccccn12)C1CCOCC1. The van der Waals surface area contributed by atoms with Gasteiger partial charge in [-0.2, -0.15) is 0 Å². The van der Waals surface area contributed by atoms with E-state index in [1.54, 1.807) is 15.4 Å². The van der Waals surface area contributed by atoms with Gasteiger partial charge in [-0.3, -0.25) is 14.0 Å². The Balaban J connectivity index is 1.80. The summed E-state index contributed by atoms with van der Waals surface area (Å²) in [7, 11) is 0. The number of carboxylic acids is 1. The van der Waals surface area contributed by atoms with Crippen LogP contribution in [0.1, 0.15) is 25.0 Å². The van der Waals surface area contributed by atoms with Gasteiger partial charge in [0.25, 0.3) is 0 Å². The number of carboxylic acid groups (broad SMARTS) is 1. The maximum absolute atomic E-state index is 12.7. The summed E-state index contributed by atoms with van der Waals surface area (Å²) in [6.45, 7) is 1.32. The molecule has 1 N–H and O–H groups in total. The molecule has 1 amide bonds. The smallest absolute Gasteiger partial charge is 0.305 e. The number of ether oxygens (including phenoxy) is 1. The van der Waals surface area contributed by atoms with Crippen molar-refractivity contribution in [2.24, 2.45) is 0 Å². The van der Waals surface area contributed by atoms with Gasteiger partial charge in [0.15, 0.2) is 5.15 Å². The molecule has 138 valence electrons. The third kappa shape index (κ3) is 4.23. The highest BCUT2D eigenvalue weighted by Gasteiger charge is 2.25. The van der Waals surface area contributed by atoms with E-state index in [1.165, 1.54) is 6.08 Å². The molecular formula is C18H20ClN3O4. The van der Waals surface area contributed by atoms with Crippen LogP contribution < -0.4 is 0 Å². The van der Waals surface area contributed by atoms with Crippen molar-refractivity contribution >= 4 is 35.2 Å². The van der Waals surface area contributed by atoms with Crippen molar-refractivity contribution < 1.29 is 19.4 Å². The van der Waals surface area contributed by atoms with Crippen molar-refractivity contribution in [1.82, 2.24) is 14.3 Å². The first-order valence-electron chi connectivity index (χ1n) is 8.47. The number of nitrogens with zero attached hydrogens (tertiary/aromatic N) is 3. The Bertz CT molecular complexity index is 827. The number of pyridine rings is 1. The lowest BCUT2D eigenvalue weighted by Crippen LogP contribution is -2.43. The summed E-state index contributed by atoms with van der Waals surface area (Å²) in [4.78, 5) is 29.5. The van der Waals surface area contributed by atoms with Crippen molar-refractivity contribution in [1.29, 1.82) is 0 Å². The molecule has 7 nitrogen and oxygen atoms in total. The fourth-order valence-electron chi connectivity index (χ4n) is 3.07. The van der Waals surface area contributed by atoms with E-state index in [2.05, 4.69) is 4.98 Å². The average molecular weight is 378 g/mol. The number of aliphatic carboxylic acids is 1. The summed E-state index contributed by atoms with van der Waals surface area (Å²) in [5.74, 6) is -1.16. The predicted molar refractivity (Wildman–Crippen MR) is 97.0 cm³/mol. The number of carbonyl (C=O) groups is 2. The molecule has 3 rings (SSSR count). The Hall–Kier alpha value is -2.38. The molecule has 1 saturated heterocycles. The minimum absolute atomic E-state index is 0.0158. The summed E-state index contributed by atoms with van der Waals surface area (Å²) < 4.78 is 7.13. The Morgan fingerprint density at radius 2 is 2.15 bits per heavy atom. The maximum atomic E-state index is 12.7. The fraction of sp³-hybridized carbons (Fsp3) is 0.389. The van der Waals surface area contributed by atoms with Gasteiger partial charge < -0.3 is 14.7 Å². The van der Waals surface area contributed by atoms with Crippen molar-refractivity contribution in [3.8, 4) is 0 Å². The molecule has 1 aliphatic heterocycles. The molecule has 0 aromatic carbocycles. The van der Waals surface area contributed by atoms with Gasteiger partial charge in [0.2, 0.25) is 5.91 Å². The molecule has 0 atom stereocenters. The molecule has 26 heavy (non-hydrogen) atoms. The van der Waals surface area contributed by atoms with Gasteiger partial charge >= 0.3 is 5.97 Å². The number of imidazole rings is 1. The Morgan fingerprint density at radius 1 is 1.38 bits per heavy atom. The topological polar surface area (TPSA) is 84.1 Å². The Labute approximate surface area is 155 Å². The van der Waals surface area contributed by atoms with E-state index in [-0.39, 0.29) is 24.9 Å². The first-order chi connectivity index (χ1) is 12.6. The minimum atomic E-state index is -0.927. The highest BCUT2D eigenvalue weighted by Crippen LogP contribution is 2.20. The number of halogens is 1. The van der Waals surface area contributed by atoms with E-state index >= 15 is 0 Å². The molecule has 0 bridgehead atoms. The van der Waals surface area contributed by atoms with Gasteiger partial charge in [-0.05, 0) is 31.1 Å². The standard InChI is InChI=1S/C18H20ClN3O4/c19-18-14(22-9-2-1-3-15(22)20-18)4-5-16(23)21(10-6-17(24)25)13-7-11-26-12-8-13/h1-5,9,13H,6-8,10-12H2,(H,24,25)/b5-4+. The summed E-state index contributed by atoms with van der Waals surface area (Å²) in [5, 5.41) is 9.28. The van der Waals surface area contributed by atoms with E-state index in [0.717, 1.165) is 0 Å². The van der Waals surface area contributed by atoms with E-state index < -0.39 is 5.97 Å². The number of carbonyl (C=O) groups excluding carboxylic acids is 1. The number of amides is 1. The molecular weight excluding hydrogens is 358 g/mol. The van der Waals surface area contributed by atoms with Crippen molar-refractivity contribution in [3.05, 3.63) is 41.3 Å². The van der Waals surface area contributed by atoms with Crippen molar-refractivity contribution in [2.45, 2.75) is 25.3 Å². The largest absolute Gasteiger partial charge is 0.481 e. The van der Waals surface area contributed by atoms with Gasteiger partial charge in [-0.1, -0.05) is 17.7 Å². The van der Waals surface area contributed by atoms with Crippen LogP contribution in [0, 0.1) is 0 Å². The lowest BCUT2D eigenvalue weighted by molar-refractivity contribution is -0.138. The highest BCUT2D eigenvalue weighted by molar-refractivity contribution is 6.31. The number of fused-ring (bicyclic) bond motifs is 1. The molecule has 0 spiro atoms. The number of rotatable bonds is 6. The molecule has 3 heterocycles. The lowest BCUT2D eigenvalue weighted by atomic mass is 10.1. The zero-order valence-corrected chi connectivity index (χ0v) is 14.9. The average Bonchev–Trinajstić information content (AvgIpc) is 2.96. The molecule has 2 aromatic rings. The van der Waals surface area contributed by atoms with Crippen LogP contribution in [-0.4, -0.2) is 57.1 Å². The van der Waals surface area contributed by atoms with Gasteiger partial charge in [-0.15, -0.1) is 0 Å². The van der Waals surface area contributed by atoms with E-state index in [4.69, 9.17) is 21.4 Å². The highest BCUT2D eigenvalue weighted by atomic mass is 35.5. The van der Waals surface area contributed by atoms with E-state index in [9.17, 15) is 9.59 Å². The van der Waals surface area contributed by atoms with Crippen LogP contribution in [0.15, 0.2) is 30.5 Å². The monoisotopic (exact) mass is 377 g/mol. The Morgan fingerprint density at radius 3 is 2.88 bits per heavy atom. The lowest BCUT2D eigenvalue weighted by Gasteiger charge is -2.33. The normalized spacial score (nSPS) is 15.6. The summed E-state index contributed by atoms with van der Waals surface area (Å²) in [6, 6.07) is 5.52. The van der Waals surface area contributed by atoms with Crippen LogP contribution in [-0.2, 0) is 14.3 Å². The second-order valence-corrected chi connectivity index (χ2v) is 6.43. The third-order valence-electron chi connectivity index (χ3n) is 4.39. The van der Waals surface area contributed by atoms with Crippen LogP contribution in [0.4, 0.5) is 0 Å². The molecule has 1 aliphatic rings. The minimum Gasteiger partial charge on any atom is -0.481 e. The van der Waals surface area contributed by atoms with Crippen LogP contribution in [0.3, 0.4) is 0 Å². The summed E-state index contributed by atoms with van der Waals surface area (Å²) in [5.41, 5.74) is 1.30. The molecule has 0 saturated carbocycles. The van der Waals surface area contributed by atoms with Crippen LogP contribution in [0.5, 0.6) is 0 Å². The summed E-state index contributed by atoms with van der Waals surface area (Å²) >= 11 is 6.18. The number of aromatic nitrogens is 2. The van der Waals surface area contributed by atoms with Crippen LogP contribution in [0.2, 0.25) is 5.15 Å². The van der Waals surface area contributed by atoms with Crippen LogP contribution in [0.25, 0.3) is 11.7 Å². The molecule has 0 aliphatic carbocycles. The molecule has 8 heteroatoms. The molecule has 0 radical (unpaired) electrons. The quantitative estimate of drug-likeness (QED) is 0.782. The second-order valence-electron chi connectivity index (χ2n) is 6.07. The summed E-state index contributed by atoms with van der Waals surface area (Å²) in [6.07, 6.45) is 6.19. The van der Waals surface area contributed by atoms with Gasteiger partial charge in [0.05, 0.1) is 12.1 Å².